The van der Waals surface area contributed by atoms with Crippen LogP contribution in [0.25, 0.3) is 0 Å². The number of alkyl halides is 3. The fourth-order valence-corrected chi connectivity index (χ4v) is 5.54. The molecule has 4 atom stereocenters. The summed E-state index contributed by atoms with van der Waals surface area (Å²) < 4.78 is 50.2. The van der Waals surface area contributed by atoms with E-state index in [1.165, 1.54) is 12.1 Å². The Kier molecular flexibility index (Phi) is 18.5. The van der Waals surface area contributed by atoms with Gasteiger partial charge in [0.2, 0.25) is 17.7 Å². The molecule has 0 fully saturated rings. The van der Waals surface area contributed by atoms with Crippen LogP contribution in [0.2, 0.25) is 0 Å². The number of carbonyl (C=O) groups is 6. The molecule has 0 spiro atoms. The number of nitrogens with one attached hydrogen (secondary N) is 5. The summed E-state index contributed by atoms with van der Waals surface area (Å²) in [6.07, 6.45) is -5.67. The average molecular weight is 822 g/mol. The lowest BCUT2D eigenvalue weighted by atomic mass is 9.99. The van der Waals surface area contributed by atoms with Crippen molar-refractivity contribution in [2.75, 3.05) is 6.54 Å². The first-order valence-corrected chi connectivity index (χ1v) is 19.1. The van der Waals surface area contributed by atoms with Crippen molar-refractivity contribution in [1.82, 2.24) is 26.6 Å². The third-order valence-corrected chi connectivity index (χ3v) is 8.19. The number of carboxylic acids is 1. The van der Waals surface area contributed by atoms with E-state index in [0.29, 0.717) is 18.4 Å². The Morgan fingerprint density at radius 3 is 1.59 bits per heavy atom. The second kappa shape index (κ2) is 22.0. The molecule has 0 unspecified atom stereocenters. The lowest BCUT2D eigenvalue weighted by Gasteiger charge is -2.27. The summed E-state index contributed by atoms with van der Waals surface area (Å²) in [6, 6.07) is 7.38. The summed E-state index contributed by atoms with van der Waals surface area (Å²) in [6.45, 7) is 13.8. The monoisotopic (exact) mass is 821 g/mol. The molecule has 0 radical (unpaired) electrons. The van der Waals surface area contributed by atoms with Crippen LogP contribution in [0.1, 0.15) is 97.8 Å². The zero-order chi connectivity index (χ0) is 43.8. The van der Waals surface area contributed by atoms with E-state index in [2.05, 4.69) is 26.6 Å². The van der Waals surface area contributed by atoms with Gasteiger partial charge in [-0.1, -0.05) is 56.3 Å². The van der Waals surface area contributed by atoms with Crippen LogP contribution in [0.15, 0.2) is 54.6 Å². The molecular weight excluding hydrogens is 763 g/mol. The number of amides is 5. The Morgan fingerprint density at radius 1 is 0.621 bits per heavy atom. The van der Waals surface area contributed by atoms with E-state index in [0.717, 1.165) is 12.1 Å². The molecule has 17 heteroatoms. The van der Waals surface area contributed by atoms with Crippen molar-refractivity contribution in [3.05, 3.63) is 71.3 Å². The maximum absolute atomic E-state index is 14.0. The van der Waals surface area contributed by atoms with Crippen LogP contribution < -0.4 is 26.6 Å². The van der Waals surface area contributed by atoms with Crippen LogP contribution in [0, 0.1) is 5.92 Å². The number of alkyl carbamates (subject to hydrolysis) is 2. The van der Waals surface area contributed by atoms with Crippen LogP contribution in [-0.2, 0) is 47.7 Å². The normalized spacial score (nSPS) is 13.9. The Labute approximate surface area is 337 Å². The fourth-order valence-electron chi connectivity index (χ4n) is 5.54. The van der Waals surface area contributed by atoms with E-state index in [1.54, 1.807) is 85.7 Å². The van der Waals surface area contributed by atoms with Gasteiger partial charge in [-0.15, -0.1) is 0 Å². The molecule has 0 heterocycles. The zero-order valence-corrected chi connectivity index (χ0v) is 34.4. The molecule has 0 saturated heterocycles. The minimum atomic E-state index is -4.59. The van der Waals surface area contributed by atoms with E-state index in [9.17, 15) is 47.0 Å². The first-order chi connectivity index (χ1) is 26.8. The largest absolute Gasteiger partial charge is 0.480 e. The van der Waals surface area contributed by atoms with Crippen molar-refractivity contribution in [3.8, 4) is 0 Å². The van der Waals surface area contributed by atoms with Gasteiger partial charge in [-0.25, -0.2) is 14.4 Å². The second-order valence-corrected chi connectivity index (χ2v) is 16.4. The van der Waals surface area contributed by atoms with Crippen molar-refractivity contribution in [3.63, 3.8) is 0 Å². The molecule has 2 aromatic carbocycles. The molecule has 0 aliphatic carbocycles. The summed E-state index contributed by atoms with van der Waals surface area (Å²) in [5.74, 6) is -3.86. The van der Waals surface area contributed by atoms with Gasteiger partial charge in [0.15, 0.2) is 0 Å². The molecule has 2 rings (SSSR count). The number of rotatable bonds is 19. The number of halogens is 3. The summed E-state index contributed by atoms with van der Waals surface area (Å²) in [7, 11) is 0. The maximum atomic E-state index is 14.0. The van der Waals surface area contributed by atoms with Crippen LogP contribution in [0.3, 0.4) is 0 Å². The highest BCUT2D eigenvalue weighted by Gasteiger charge is 2.34. The lowest BCUT2D eigenvalue weighted by Crippen LogP contribution is -2.58. The maximum Gasteiger partial charge on any atom is 0.416 e. The van der Waals surface area contributed by atoms with Crippen LogP contribution in [0.5, 0.6) is 0 Å². The summed E-state index contributed by atoms with van der Waals surface area (Å²) >= 11 is 0. The molecule has 0 saturated carbocycles. The van der Waals surface area contributed by atoms with Gasteiger partial charge in [-0.2, -0.15) is 13.2 Å². The standard InChI is InChI=1S/C41H58F3N5O9/c1-25(2)22-30(33(50)46-29(36(53)54)16-12-13-21-45-37(55)57-39(3,4)5)47-34(51)31(23-26-14-10-9-11-15-26)48-35(52)32(49-38(56)58-40(6,7)8)24-27-17-19-28(20-18-27)41(42,43)44/h9-11,14-15,17-20,25,29-32H,12-13,16,21-24H2,1-8H3,(H,45,55)(H,46,50)(H,47,51)(H,48,52)(H,49,56)(H,53,54)/t29-,30-,31-,32-/m1/s1. The predicted molar refractivity (Wildman–Crippen MR) is 209 cm³/mol. The van der Waals surface area contributed by atoms with E-state index >= 15 is 0 Å². The number of aliphatic carboxylic acids is 1. The minimum absolute atomic E-state index is 0.0249. The summed E-state index contributed by atoms with van der Waals surface area (Å²) in [5, 5.41) is 22.8. The SMILES string of the molecule is CC(C)C[C@@H](NC(=O)[C@@H](Cc1ccccc1)NC(=O)[C@@H](Cc1ccc(C(F)(F)F)cc1)NC(=O)OC(C)(C)C)C(=O)N[C@H](CCCCNC(=O)OC(C)(C)C)C(=O)O. The molecule has 0 aliphatic rings. The summed E-state index contributed by atoms with van der Waals surface area (Å²) in [5.41, 5.74) is -1.65. The second-order valence-electron chi connectivity index (χ2n) is 16.4. The van der Waals surface area contributed by atoms with Crippen molar-refractivity contribution in [2.45, 2.75) is 135 Å². The highest BCUT2D eigenvalue weighted by Crippen LogP contribution is 2.29. The predicted octanol–water partition coefficient (Wildman–Crippen LogP) is 5.66. The van der Waals surface area contributed by atoms with Crippen LogP contribution in [-0.4, -0.2) is 82.9 Å². The highest BCUT2D eigenvalue weighted by atomic mass is 19.4. The Hall–Kier alpha value is -5.35. The van der Waals surface area contributed by atoms with Crippen molar-refractivity contribution >= 4 is 35.9 Å². The zero-order valence-electron chi connectivity index (χ0n) is 34.4. The van der Waals surface area contributed by atoms with Gasteiger partial charge in [0.1, 0.15) is 35.4 Å². The Morgan fingerprint density at radius 2 is 1.09 bits per heavy atom. The molecule has 5 amide bonds. The number of ether oxygens (including phenoxy) is 2. The van der Waals surface area contributed by atoms with Gasteiger partial charge in [-0.3, -0.25) is 14.4 Å². The molecule has 6 N–H and O–H groups in total. The van der Waals surface area contributed by atoms with Gasteiger partial charge >= 0.3 is 24.3 Å². The quantitative estimate of drug-likeness (QED) is 0.0967. The van der Waals surface area contributed by atoms with Crippen molar-refractivity contribution in [2.24, 2.45) is 5.92 Å². The van der Waals surface area contributed by atoms with E-state index in [-0.39, 0.29) is 43.7 Å². The minimum Gasteiger partial charge on any atom is -0.480 e. The van der Waals surface area contributed by atoms with Crippen molar-refractivity contribution < 1.29 is 56.5 Å². The smallest absolute Gasteiger partial charge is 0.416 e. The topological polar surface area (TPSA) is 201 Å². The number of unbranched alkanes of at least 4 members (excludes halogenated alkanes) is 1. The van der Waals surface area contributed by atoms with Gasteiger partial charge in [0, 0.05) is 19.4 Å². The molecule has 0 aromatic heterocycles. The van der Waals surface area contributed by atoms with Gasteiger partial charge in [0.25, 0.3) is 0 Å². The molecular formula is C41H58F3N5O9. The Balaban J connectivity index is 2.30. The number of hydrogen-bond acceptors (Lipinski definition) is 8. The first kappa shape index (κ1) is 48.8. The average Bonchev–Trinajstić information content (AvgIpc) is 3.08. The fraction of sp³-hybridized carbons (Fsp3) is 0.561. The summed E-state index contributed by atoms with van der Waals surface area (Å²) in [4.78, 5) is 78.4. The number of carbonyl (C=O) groups excluding carboxylic acids is 5. The highest BCUT2D eigenvalue weighted by molar-refractivity contribution is 5.95. The number of benzene rings is 2. The first-order valence-electron chi connectivity index (χ1n) is 19.1. The molecule has 14 nitrogen and oxygen atoms in total. The molecule has 58 heavy (non-hydrogen) atoms. The van der Waals surface area contributed by atoms with E-state index in [1.807, 2.05) is 0 Å². The van der Waals surface area contributed by atoms with Gasteiger partial charge < -0.3 is 41.2 Å². The molecule has 322 valence electrons. The lowest BCUT2D eigenvalue weighted by molar-refractivity contribution is -0.142. The number of hydrogen-bond donors (Lipinski definition) is 6. The van der Waals surface area contributed by atoms with Gasteiger partial charge in [0.05, 0.1) is 5.56 Å². The van der Waals surface area contributed by atoms with Crippen LogP contribution in [0.4, 0.5) is 22.8 Å². The molecule has 0 bridgehead atoms. The molecule has 0 aliphatic heterocycles. The molecule has 2 aromatic rings. The van der Waals surface area contributed by atoms with Gasteiger partial charge in [-0.05, 0) is 96.4 Å². The van der Waals surface area contributed by atoms with Crippen molar-refractivity contribution in [1.29, 1.82) is 0 Å². The van der Waals surface area contributed by atoms with Crippen LogP contribution >= 0.6 is 0 Å². The third kappa shape index (κ3) is 19.2. The third-order valence-electron chi connectivity index (χ3n) is 8.19. The number of carboxylic acid groups (broad SMARTS) is 1. The van der Waals surface area contributed by atoms with E-state index < -0.39 is 83.0 Å². The van der Waals surface area contributed by atoms with E-state index in [4.69, 9.17) is 9.47 Å². The Bertz CT molecular complexity index is 1670.